The van der Waals surface area contributed by atoms with Gasteiger partial charge in [0.15, 0.2) is 0 Å². The molecule has 0 radical (unpaired) electrons. The number of hydrogen-bond donors (Lipinski definition) is 0. The Balaban J connectivity index is 2.24. The average Bonchev–Trinajstić information content (AvgIpc) is 2.80. The molecule has 0 heterocycles. The van der Waals surface area contributed by atoms with Gasteiger partial charge in [-0.15, -0.1) is 0 Å². The zero-order chi connectivity index (χ0) is 16.3. The molecule has 2 aliphatic carbocycles. The molecule has 0 saturated carbocycles. The molecule has 0 spiro atoms. The van der Waals surface area contributed by atoms with Crippen molar-refractivity contribution in [3.8, 4) is 0 Å². The molecule has 118 valence electrons. The molecule has 0 aliphatic heterocycles. The largest absolute Gasteiger partial charge is 0.353 e. The topological polar surface area (TPSA) is 109 Å². The molecule has 0 saturated heterocycles. The molecule has 2 atom stereocenters. The van der Waals surface area contributed by atoms with Crippen LogP contribution in [-0.4, -0.2) is 26.7 Å². The molecule has 0 amide bonds. The predicted molar refractivity (Wildman–Crippen MR) is 81.1 cm³/mol. The van der Waals surface area contributed by atoms with Crippen molar-refractivity contribution >= 4 is 16.1 Å². The lowest BCUT2D eigenvalue weighted by Crippen LogP contribution is -2.20. The van der Waals surface area contributed by atoms with Crippen molar-refractivity contribution in [1.29, 1.82) is 0 Å². The summed E-state index contributed by atoms with van der Waals surface area (Å²) in [6, 6.07) is -0.222. The summed E-state index contributed by atoms with van der Waals surface area (Å²) in [4.78, 5) is 14.9. The minimum Gasteiger partial charge on any atom is -0.341 e. The molecule has 0 aromatic rings. The number of hydrogen-bond acceptors (Lipinski definition) is 5. The third-order valence-corrected chi connectivity index (χ3v) is 4.04. The zero-order valence-electron chi connectivity index (χ0n) is 12.4. The van der Waals surface area contributed by atoms with E-state index < -0.39 is 16.1 Å². The SMILES string of the molecule is CC(CC1C=CC2=C1C(C(=O)OS(C)(=O)=O)=CCC2)N=[N+]=[N-]. The van der Waals surface area contributed by atoms with Crippen LogP contribution in [0.2, 0.25) is 0 Å². The second kappa shape index (κ2) is 6.37. The fourth-order valence-electron chi connectivity index (χ4n) is 2.80. The predicted octanol–water partition coefficient (Wildman–Crippen LogP) is 2.78. The van der Waals surface area contributed by atoms with Crippen LogP contribution in [0.4, 0.5) is 0 Å². The summed E-state index contributed by atoms with van der Waals surface area (Å²) in [6.07, 6.45) is 8.49. The van der Waals surface area contributed by atoms with Crippen LogP contribution in [0.3, 0.4) is 0 Å². The van der Waals surface area contributed by atoms with Crippen LogP contribution >= 0.6 is 0 Å². The maximum absolute atomic E-state index is 12.1. The first-order valence-corrected chi connectivity index (χ1v) is 8.73. The number of nitrogens with zero attached hydrogens (tertiary/aromatic N) is 3. The van der Waals surface area contributed by atoms with Crippen LogP contribution < -0.4 is 0 Å². The van der Waals surface area contributed by atoms with E-state index in [9.17, 15) is 13.2 Å². The molecule has 22 heavy (non-hydrogen) atoms. The first-order valence-electron chi connectivity index (χ1n) is 6.91. The van der Waals surface area contributed by atoms with Crippen molar-refractivity contribution in [2.45, 2.75) is 32.2 Å². The summed E-state index contributed by atoms with van der Waals surface area (Å²) in [6.45, 7) is 1.80. The number of carbonyl (C=O) groups excluding carboxylic acids is 1. The quantitative estimate of drug-likeness (QED) is 0.335. The Bertz CT molecular complexity index is 727. The first kappa shape index (κ1) is 16.3. The minimum atomic E-state index is -3.85. The average molecular weight is 323 g/mol. The highest BCUT2D eigenvalue weighted by molar-refractivity contribution is 7.86. The van der Waals surface area contributed by atoms with E-state index in [-0.39, 0.29) is 12.0 Å². The summed E-state index contributed by atoms with van der Waals surface area (Å²) in [5, 5.41) is 3.65. The van der Waals surface area contributed by atoms with Crippen molar-refractivity contribution in [3.05, 3.63) is 45.4 Å². The first-order chi connectivity index (χ1) is 10.3. The van der Waals surface area contributed by atoms with Gasteiger partial charge in [0.05, 0.1) is 11.8 Å². The summed E-state index contributed by atoms with van der Waals surface area (Å²) >= 11 is 0. The van der Waals surface area contributed by atoms with Gasteiger partial charge in [-0.2, -0.15) is 8.42 Å². The molecule has 2 aliphatic rings. The van der Waals surface area contributed by atoms with E-state index in [0.717, 1.165) is 23.8 Å². The molecule has 0 fully saturated rings. The highest BCUT2D eigenvalue weighted by atomic mass is 32.2. The van der Waals surface area contributed by atoms with Crippen LogP contribution in [0.15, 0.2) is 40.1 Å². The van der Waals surface area contributed by atoms with Gasteiger partial charge >= 0.3 is 16.1 Å². The molecule has 0 aromatic carbocycles. The van der Waals surface area contributed by atoms with E-state index in [1.807, 2.05) is 12.2 Å². The molecule has 0 N–H and O–H groups in total. The molecule has 0 aromatic heterocycles. The van der Waals surface area contributed by atoms with E-state index in [2.05, 4.69) is 14.2 Å². The standard InChI is InChI=1S/C14H17N3O4S/c1-9(16-17-15)8-11-7-6-10-4-3-5-12(13(10)11)14(18)21-22(2,19)20/h5-7,9,11H,3-4,8H2,1-2H3. The van der Waals surface area contributed by atoms with Gasteiger partial charge in [0, 0.05) is 16.9 Å². The monoisotopic (exact) mass is 323 g/mol. The van der Waals surface area contributed by atoms with Crippen LogP contribution in [0.25, 0.3) is 10.4 Å². The van der Waals surface area contributed by atoms with Gasteiger partial charge in [0.2, 0.25) is 0 Å². The molecule has 2 unspecified atom stereocenters. The summed E-state index contributed by atoms with van der Waals surface area (Å²) in [5.74, 6) is -0.922. The van der Waals surface area contributed by atoms with Gasteiger partial charge in [0.1, 0.15) is 0 Å². The smallest absolute Gasteiger partial charge is 0.341 e. The molecular formula is C14H17N3O4S. The summed E-state index contributed by atoms with van der Waals surface area (Å²) in [5.41, 5.74) is 10.6. The Hall–Kier alpha value is -2.05. The highest BCUT2D eigenvalue weighted by Gasteiger charge is 2.31. The van der Waals surface area contributed by atoms with Crippen LogP contribution in [0.1, 0.15) is 26.2 Å². The Kier molecular flexibility index (Phi) is 4.73. The van der Waals surface area contributed by atoms with Crippen LogP contribution in [-0.2, 0) is 19.1 Å². The van der Waals surface area contributed by atoms with E-state index in [4.69, 9.17) is 5.53 Å². The number of azide groups is 1. The Morgan fingerprint density at radius 2 is 2.32 bits per heavy atom. The summed E-state index contributed by atoms with van der Waals surface area (Å²) in [7, 11) is -3.85. The maximum Gasteiger partial charge on any atom is 0.353 e. The molecular weight excluding hydrogens is 306 g/mol. The fraction of sp³-hybridized carbons (Fsp3) is 0.500. The van der Waals surface area contributed by atoms with Crippen molar-refractivity contribution < 1.29 is 17.4 Å². The van der Waals surface area contributed by atoms with Crippen molar-refractivity contribution in [3.63, 3.8) is 0 Å². The summed E-state index contributed by atoms with van der Waals surface area (Å²) < 4.78 is 26.8. The lowest BCUT2D eigenvalue weighted by molar-refractivity contribution is -0.129. The third kappa shape index (κ3) is 3.78. The van der Waals surface area contributed by atoms with E-state index in [1.165, 1.54) is 0 Å². The van der Waals surface area contributed by atoms with Gasteiger partial charge in [-0.1, -0.05) is 30.3 Å². The van der Waals surface area contributed by atoms with E-state index in [0.29, 0.717) is 18.4 Å². The van der Waals surface area contributed by atoms with Gasteiger partial charge in [-0.25, -0.2) is 4.79 Å². The number of carbonyl (C=O) groups is 1. The molecule has 8 heteroatoms. The fourth-order valence-corrected chi connectivity index (χ4v) is 3.17. The van der Waals surface area contributed by atoms with Gasteiger partial charge < -0.3 is 4.18 Å². The zero-order valence-corrected chi connectivity index (χ0v) is 13.2. The highest BCUT2D eigenvalue weighted by Crippen LogP contribution is 2.40. The van der Waals surface area contributed by atoms with Crippen LogP contribution in [0, 0.1) is 5.92 Å². The third-order valence-electron chi connectivity index (χ3n) is 3.59. The van der Waals surface area contributed by atoms with Crippen molar-refractivity contribution in [2.24, 2.45) is 11.0 Å². The van der Waals surface area contributed by atoms with Gasteiger partial charge in [0.25, 0.3) is 0 Å². The van der Waals surface area contributed by atoms with Gasteiger partial charge in [-0.3, -0.25) is 0 Å². The number of rotatable bonds is 5. The van der Waals surface area contributed by atoms with Gasteiger partial charge in [-0.05, 0) is 35.9 Å². The van der Waals surface area contributed by atoms with E-state index >= 15 is 0 Å². The van der Waals surface area contributed by atoms with E-state index in [1.54, 1.807) is 13.0 Å². The Labute approximate surface area is 129 Å². The van der Waals surface area contributed by atoms with Crippen LogP contribution in [0.5, 0.6) is 0 Å². The normalized spacial score (nSPS) is 21.7. The molecule has 7 nitrogen and oxygen atoms in total. The molecule has 0 bridgehead atoms. The van der Waals surface area contributed by atoms with Crippen molar-refractivity contribution in [1.82, 2.24) is 0 Å². The Morgan fingerprint density at radius 1 is 1.59 bits per heavy atom. The lowest BCUT2D eigenvalue weighted by Gasteiger charge is -2.21. The number of allylic oxidation sites excluding steroid dienone is 4. The Morgan fingerprint density at radius 3 is 2.95 bits per heavy atom. The molecule has 2 rings (SSSR count). The van der Waals surface area contributed by atoms with Crippen molar-refractivity contribution in [2.75, 3.05) is 6.26 Å². The minimum absolute atomic E-state index is 0.0749. The second-order valence-corrected chi connectivity index (χ2v) is 7.00. The second-order valence-electron chi connectivity index (χ2n) is 5.43. The lowest BCUT2D eigenvalue weighted by atomic mass is 9.84. The maximum atomic E-state index is 12.1.